The van der Waals surface area contributed by atoms with Gasteiger partial charge in [0.25, 0.3) is 0 Å². The molecule has 0 aromatic rings. The van der Waals surface area contributed by atoms with E-state index in [9.17, 15) is 0 Å². The Balaban J connectivity index is 1.98. The molecular formula is C9H18N2. The van der Waals surface area contributed by atoms with Crippen molar-refractivity contribution in [3.8, 4) is 0 Å². The van der Waals surface area contributed by atoms with Crippen molar-refractivity contribution in [1.82, 2.24) is 5.32 Å². The zero-order valence-corrected chi connectivity index (χ0v) is 7.05. The van der Waals surface area contributed by atoms with E-state index in [-0.39, 0.29) is 0 Å². The second kappa shape index (κ2) is 3.11. The Morgan fingerprint density at radius 3 is 2.91 bits per heavy atom. The van der Waals surface area contributed by atoms with E-state index in [1.165, 1.54) is 32.2 Å². The zero-order valence-electron chi connectivity index (χ0n) is 7.05. The van der Waals surface area contributed by atoms with E-state index in [0.29, 0.717) is 6.04 Å². The minimum atomic E-state index is 0.639. The lowest BCUT2D eigenvalue weighted by Crippen LogP contribution is -2.35. The molecule has 2 rings (SSSR count). The number of rotatable bonds is 1. The molecular weight excluding hydrogens is 136 g/mol. The molecule has 0 aromatic carbocycles. The topological polar surface area (TPSA) is 38.0 Å². The van der Waals surface area contributed by atoms with Gasteiger partial charge in [-0.05, 0) is 31.2 Å². The first-order chi connectivity index (χ1) is 5.42. The largest absolute Gasteiger partial charge is 0.329 e. The first kappa shape index (κ1) is 7.56. The smallest absolute Gasteiger partial charge is 0.0221 e. The molecule has 11 heavy (non-hydrogen) atoms. The summed E-state index contributed by atoms with van der Waals surface area (Å²) in [6, 6.07) is 0.639. The SMILES string of the molecule is NCC1NCC2CCCCC21. The molecule has 3 atom stereocenters. The van der Waals surface area contributed by atoms with Gasteiger partial charge < -0.3 is 11.1 Å². The normalized spacial score (nSPS) is 43.9. The molecule has 0 spiro atoms. The van der Waals surface area contributed by atoms with Gasteiger partial charge in [0, 0.05) is 12.6 Å². The Morgan fingerprint density at radius 1 is 1.27 bits per heavy atom. The third-order valence-electron chi connectivity index (χ3n) is 3.38. The van der Waals surface area contributed by atoms with Crippen molar-refractivity contribution in [1.29, 1.82) is 0 Å². The second-order valence-electron chi connectivity index (χ2n) is 3.96. The molecule has 3 unspecified atom stereocenters. The third-order valence-corrected chi connectivity index (χ3v) is 3.38. The van der Waals surface area contributed by atoms with Gasteiger partial charge in [0.15, 0.2) is 0 Å². The maximum absolute atomic E-state index is 5.68. The maximum Gasteiger partial charge on any atom is 0.0221 e. The molecule has 64 valence electrons. The van der Waals surface area contributed by atoms with Crippen molar-refractivity contribution in [2.24, 2.45) is 17.6 Å². The van der Waals surface area contributed by atoms with Crippen LogP contribution in [0.1, 0.15) is 25.7 Å². The molecule has 1 aliphatic carbocycles. The summed E-state index contributed by atoms with van der Waals surface area (Å²) < 4.78 is 0. The fourth-order valence-corrected chi connectivity index (χ4v) is 2.73. The lowest BCUT2D eigenvalue weighted by molar-refractivity contribution is 0.267. The number of hydrogen-bond donors (Lipinski definition) is 2. The number of nitrogens with two attached hydrogens (primary N) is 1. The minimum absolute atomic E-state index is 0.639. The van der Waals surface area contributed by atoms with Crippen LogP contribution in [0.3, 0.4) is 0 Å². The van der Waals surface area contributed by atoms with Gasteiger partial charge >= 0.3 is 0 Å². The summed E-state index contributed by atoms with van der Waals surface area (Å²) in [5, 5.41) is 3.52. The fraction of sp³-hybridized carbons (Fsp3) is 1.00. The predicted molar refractivity (Wildman–Crippen MR) is 46.3 cm³/mol. The van der Waals surface area contributed by atoms with Gasteiger partial charge in [-0.2, -0.15) is 0 Å². The monoisotopic (exact) mass is 154 g/mol. The van der Waals surface area contributed by atoms with Gasteiger partial charge in [-0.1, -0.05) is 12.8 Å². The van der Waals surface area contributed by atoms with Crippen LogP contribution in [0.15, 0.2) is 0 Å². The molecule has 1 saturated heterocycles. The number of hydrogen-bond acceptors (Lipinski definition) is 2. The van der Waals surface area contributed by atoms with Crippen LogP contribution in [0.25, 0.3) is 0 Å². The Kier molecular flexibility index (Phi) is 2.14. The first-order valence-corrected chi connectivity index (χ1v) is 4.85. The van der Waals surface area contributed by atoms with E-state index in [1.54, 1.807) is 0 Å². The van der Waals surface area contributed by atoms with Gasteiger partial charge in [0.2, 0.25) is 0 Å². The summed E-state index contributed by atoms with van der Waals surface area (Å²) in [5.74, 6) is 1.87. The van der Waals surface area contributed by atoms with Crippen molar-refractivity contribution in [3.63, 3.8) is 0 Å². The lowest BCUT2D eigenvalue weighted by atomic mass is 9.78. The number of nitrogens with one attached hydrogen (secondary N) is 1. The summed E-state index contributed by atoms with van der Waals surface area (Å²) >= 11 is 0. The summed E-state index contributed by atoms with van der Waals surface area (Å²) in [5.41, 5.74) is 5.68. The van der Waals surface area contributed by atoms with Crippen LogP contribution in [0.5, 0.6) is 0 Å². The van der Waals surface area contributed by atoms with Gasteiger partial charge in [0.05, 0.1) is 0 Å². The van der Waals surface area contributed by atoms with E-state index in [0.717, 1.165) is 18.4 Å². The number of fused-ring (bicyclic) bond motifs is 1. The van der Waals surface area contributed by atoms with Crippen LogP contribution in [-0.4, -0.2) is 19.1 Å². The summed E-state index contributed by atoms with van der Waals surface area (Å²) in [6.07, 6.45) is 5.73. The van der Waals surface area contributed by atoms with Gasteiger partial charge in [-0.25, -0.2) is 0 Å². The summed E-state index contributed by atoms with van der Waals surface area (Å²) in [4.78, 5) is 0. The van der Waals surface area contributed by atoms with E-state index in [2.05, 4.69) is 5.32 Å². The molecule has 2 nitrogen and oxygen atoms in total. The molecule has 0 radical (unpaired) electrons. The zero-order chi connectivity index (χ0) is 7.68. The molecule has 0 aromatic heterocycles. The van der Waals surface area contributed by atoms with Crippen molar-refractivity contribution in [2.75, 3.05) is 13.1 Å². The highest BCUT2D eigenvalue weighted by atomic mass is 15.0. The minimum Gasteiger partial charge on any atom is -0.329 e. The van der Waals surface area contributed by atoms with Crippen molar-refractivity contribution in [3.05, 3.63) is 0 Å². The predicted octanol–water partition coefficient (Wildman–Crippen LogP) is 0.723. The Morgan fingerprint density at radius 2 is 2.09 bits per heavy atom. The van der Waals surface area contributed by atoms with Crippen LogP contribution in [0, 0.1) is 11.8 Å². The van der Waals surface area contributed by atoms with Crippen LogP contribution < -0.4 is 11.1 Å². The maximum atomic E-state index is 5.68. The molecule has 2 aliphatic rings. The van der Waals surface area contributed by atoms with Gasteiger partial charge in [-0.15, -0.1) is 0 Å². The second-order valence-corrected chi connectivity index (χ2v) is 3.96. The van der Waals surface area contributed by atoms with Crippen molar-refractivity contribution in [2.45, 2.75) is 31.7 Å². The molecule has 0 bridgehead atoms. The highest BCUT2D eigenvalue weighted by molar-refractivity contribution is 4.92. The summed E-state index contributed by atoms with van der Waals surface area (Å²) in [7, 11) is 0. The standard InChI is InChI=1S/C9H18N2/c10-5-9-8-4-2-1-3-7(8)6-11-9/h7-9,11H,1-6,10H2. The van der Waals surface area contributed by atoms with Gasteiger partial charge in [-0.3, -0.25) is 0 Å². The Bertz CT molecular complexity index is 130. The fourth-order valence-electron chi connectivity index (χ4n) is 2.73. The Labute approximate surface area is 68.5 Å². The highest BCUT2D eigenvalue weighted by Crippen LogP contribution is 2.35. The van der Waals surface area contributed by atoms with Crippen LogP contribution >= 0.6 is 0 Å². The first-order valence-electron chi connectivity index (χ1n) is 4.85. The van der Waals surface area contributed by atoms with E-state index in [1.807, 2.05) is 0 Å². The van der Waals surface area contributed by atoms with Crippen molar-refractivity contribution < 1.29 is 0 Å². The van der Waals surface area contributed by atoms with Crippen LogP contribution in [0.2, 0.25) is 0 Å². The van der Waals surface area contributed by atoms with E-state index < -0.39 is 0 Å². The molecule has 1 saturated carbocycles. The quantitative estimate of drug-likeness (QED) is 0.584. The van der Waals surface area contributed by atoms with Gasteiger partial charge in [0.1, 0.15) is 0 Å². The van der Waals surface area contributed by atoms with Crippen LogP contribution in [-0.2, 0) is 0 Å². The average molecular weight is 154 g/mol. The van der Waals surface area contributed by atoms with Crippen molar-refractivity contribution >= 4 is 0 Å². The molecule has 2 heteroatoms. The van der Waals surface area contributed by atoms with E-state index in [4.69, 9.17) is 5.73 Å². The van der Waals surface area contributed by atoms with E-state index >= 15 is 0 Å². The lowest BCUT2D eigenvalue weighted by Gasteiger charge is -2.27. The molecule has 1 heterocycles. The average Bonchev–Trinajstić information content (AvgIpc) is 2.47. The molecule has 2 fully saturated rings. The summed E-state index contributed by atoms with van der Waals surface area (Å²) in [6.45, 7) is 2.06. The highest BCUT2D eigenvalue weighted by Gasteiger charge is 2.35. The Hall–Kier alpha value is -0.0800. The third kappa shape index (κ3) is 1.30. The molecule has 0 amide bonds. The molecule has 1 aliphatic heterocycles. The molecule has 3 N–H and O–H groups in total. The van der Waals surface area contributed by atoms with Crippen LogP contribution in [0.4, 0.5) is 0 Å².